The zero-order chi connectivity index (χ0) is 18.6. The van der Waals surface area contributed by atoms with Gasteiger partial charge in [0, 0.05) is 12.6 Å². The van der Waals surface area contributed by atoms with Crippen LogP contribution in [-0.4, -0.2) is 23.0 Å². The van der Waals surface area contributed by atoms with Crippen molar-refractivity contribution in [2.24, 2.45) is 5.10 Å². The smallest absolute Gasteiger partial charge is 0.291 e. The average Bonchev–Trinajstić information content (AvgIpc) is 2.57. The van der Waals surface area contributed by atoms with Crippen LogP contribution in [0.2, 0.25) is 15.2 Å². The molecule has 4 N–H and O–H groups in total. The van der Waals surface area contributed by atoms with Crippen LogP contribution in [0.4, 0.5) is 11.4 Å². The predicted octanol–water partition coefficient (Wildman–Crippen LogP) is 3.35. The highest BCUT2D eigenvalue weighted by Gasteiger charge is 2.19. The first-order chi connectivity index (χ1) is 11.8. The molecule has 0 bridgehead atoms. The fraction of sp³-hybridized carbons (Fsp3) is 0.0667. The van der Waals surface area contributed by atoms with Crippen molar-refractivity contribution < 1.29 is 9.59 Å². The van der Waals surface area contributed by atoms with Gasteiger partial charge in [-0.3, -0.25) is 9.59 Å². The summed E-state index contributed by atoms with van der Waals surface area (Å²) in [6.07, 6.45) is 1.41. The van der Waals surface area contributed by atoms with Crippen LogP contribution in [0.15, 0.2) is 29.4 Å². The number of hydrazone groups is 1. The molecule has 1 aromatic heterocycles. The summed E-state index contributed by atoms with van der Waals surface area (Å²) in [5.74, 6) is -0.861. The molecular formula is C15H12Cl3N5O2. The number of amides is 2. The first-order valence-corrected chi connectivity index (χ1v) is 7.94. The summed E-state index contributed by atoms with van der Waals surface area (Å²) >= 11 is 17.5. The second kappa shape index (κ2) is 8.15. The SMILES string of the molecule is CC(=O)Nc1ccc(C=NNC(=O)c2nc(Cl)c(Cl)c(N)c2Cl)cc1. The van der Waals surface area contributed by atoms with Gasteiger partial charge in [-0.1, -0.05) is 46.9 Å². The highest BCUT2D eigenvalue weighted by atomic mass is 35.5. The molecule has 1 aromatic carbocycles. The Balaban J connectivity index is 2.07. The Morgan fingerprint density at radius 3 is 2.40 bits per heavy atom. The minimum atomic E-state index is -0.693. The monoisotopic (exact) mass is 399 g/mol. The minimum absolute atomic E-state index is 0.0222. The van der Waals surface area contributed by atoms with Crippen molar-refractivity contribution in [1.29, 1.82) is 0 Å². The molecule has 0 saturated carbocycles. The van der Waals surface area contributed by atoms with Crippen LogP contribution in [0.25, 0.3) is 0 Å². The molecule has 25 heavy (non-hydrogen) atoms. The summed E-state index contributed by atoms with van der Waals surface area (Å²) in [5.41, 5.74) is 9.04. The van der Waals surface area contributed by atoms with E-state index < -0.39 is 5.91 Å². The van der Waals surface area contributed by atoms with Gasteiger partial charge < -0.3 is 11.1 Å². The van der Waals surface area contributed by atoms with Gasteiger partial charge in [0.05, 0.1) is 16.9 Å². The maximum absolute atomic E-state index is 12.1. The number of hydrogen-bond acceptors (Lipinski definition) is 5. The van der Waals surface area contributed by atoms with Crippen molar-refractivity contribution in [3.8, 4) is 0 Å². The molecule has 1 heterocycles. The molecule has 0 aliphatic rings. The Morgan fingerprint density at radius 1 is 1.16 bits per heavy atom. The van der Waals surface area contributed by atoms with Crippen molar-refractivity contribution in [3.63, 3.8) is 0 Å². The van der Waals surface area contributed by atoms with E-state index in [1.54, 1.807) is 24.3 Å². The summed E-state index contributed by atoms with van der Waals surface area (Å²) in [6, 6.07) is 6.82. The van der Waals surface area contributed by atoms with E-state index in [9.17, 15) is 9.59 Å². The lowest BCUT2D eigenvalue weighted by Crippen LogP contribution is -2.20. The number of pyridine rings is 1. The summed E-state index contributed by atoms with van der Waals surface area (Å²) in [7, 11) is 0. The third-order valence-electron chi connectivity index (χ3n) is 2.90. The molecule has 130 valence electrons. The number of nitrogen functional groups attached to an aromatic ring is 1. The molecular weight excluding hydrogens is 389 g/mol. The zero-order valence-corrected chi connectivity index (χ0v) is 15.1. The van der Waals surface area contributed by atoms with Crippen LogP contribution < -0.4 is 16.5 Å². The van der Waals surface area contributed by atoms with Crippen molar-refractivity contribution in [2.45, 2.75) is 6.92 Å². The van der Waals surface area contributed by atoms with E-state index in [1.165, 1.54) is 13.1 Å². The molecule has 10 heteroatoms. The number of rotatable bonds is 4. The first kappa shape index (κ1) is 19.0. The molecule has 0 saturated heterocycles. The van der Waals surface area contributed by atoms with Crippen LogP contribution >= 0.6 is 34.8 Å². The van der Waals surface area contributed by atoms with E-state index in [1.807, 2.05) is 0 Å². The molecule has 0 radical (unpaired) electrons. The lowest BCUT2D eigenvalue weighted by atomic mass is 10.2. The molecule has 2 rings (SSSR count). The van der Waals surface area contributed by atoms with Gasteiger partial charge in [0.1, 0.15) is 5.02 Å². The highest BCUT2D eigenvalue weighted by Crippen LogP contribution is 2.34. The fourth-order valence-corrected chi connectivity index (χ4v) is 2.35. The van der Waals surface area contributed by atoms with Gasteiger partial charge >= 0.3 is 0 Å². The van der Waals surface area contributed by atoms with Crippen LogP contribution in [-0.2, 0) is 4.79 Å². The number of halogens is 3. The van der Waals surface area contributed by atoms with E-state index in [2.05, 4.69) is 20.8 Å². The Hall–Kier alpha value is -2.35. The average molecular weight is 401 g/mol. The van der Waals surface area contributed by atoms with Gasteiger partial charge in [0.25, 0.3) is 5.91 Å². The zero-order valence-electron chi connectivity index (χ0n) is 12.8. The van der Waals surface area contributed by atoms with E-state index in [4.69, 9.17) is 40.5 Å². The molecule has 0 unspecified atom stereocenters. The van der Waals surface area contributed by atoms with Gasteiger partial charge in [0.15, 0.2) is 10.8 Å². The van der Waals surface area contributed by atoms with Crippen molar-refractivity contribution >= 4 is 64.2 Å². The standard InChI is InChI=1S/C15H12Cl3N5O2/c1-7(24)21-9-4-2-8(3-5-9)6-20-23-15(25)13-10(16)12(19)11(17)14(18)22-13/h2-6H,1H3,(H2,19,22)(H,21,24)(H,23,25). The lowest BCUT2D eigenvalue weighted by Gasteiger charge is -2.07. The number of carbonyl (C=O) groups excluding carboxylic acids is 2. The Bertz CT molecular complexity index is 853. The summed E-state index contributed by atoms with van der Waals surface area (Å²) in [4.78, 5) is 26.8. The van der Waals surface area contributed by atoms with Crippen LogP contribution in [0, 0.1) is 0 Å². The number of anilines is 2. The largest absolute Gasteiger partial charge is 0.396 e. The van der Waals surface area contributed by atoms with Crippen molar-refractivity contribution in [2.75, 3.05) is 11.1 Å². The van der Waals surface area contributed by atoms with E-state index in [-0.39, 0.29) is 32.5 Å². The Morgan fingerprint density at radius 2 is 1.80 bits per heavy atom. The van der Waals surface area contributed by atoms with Crippen LogP contribution in [0.3, 0.4) is 0 Å². The van der Waals surface area contributed by atoms with Crippen LogP contribution in [0.5, 0.6) is 0 Å². The molecule has 0 spiro atoms. The number of nitrogens with two attached hydrogens (primary N) is 1. The molecule has 0 aliphatic carbocycles. The Labute approximate surface area is 158 Å². The van der Waals surface area contributed by atoms with Crippen molar-refractivity contribution in [3.05, 3.63) is 50.7 Å². The summed E-state index contributed by atoms with van der Waals surface area (Å²) in [6.45, 7) is 1.42. The minimum Gasteiger partial charge on any atom is -0.396 e. The Kier molecular flexibility index (Phi) is 6.19. The molecule has 0 aliphatic heterocycles. The number of aromatic nitrogens is 1. The van der Waals surface area contributed by atoms with Gasteiger partial charge in [-0.25, -0.2) is 10.4 Å². The normalized spacial score (nSPS) is 10.7. The highest BCUT2D eigenvalue weighted by molar-refractivity contribution is 6.46. The molecule has 0 atom stereocenters. The number of benzene rings is 1. The quantitative estimate of drug-likeness (QED) is 0.415. The summed E-state index contributed by atoms with van der Waals surface area (Å²) < 4.78 is 0. The molecule has 2 aromatic rings. The number of hydrogen-bond donors (Lipinski definition) is 3. The van der Waals surface area contributed by atoms with Gasteiger partial charge in [-0.05, 0) is 17.7 Å². The molecule has 2 amide bonds. The second-order valence-corrected chi connectivity index (χ2v) is 5.91. The van der Waals surface area contributed by atoms with E-state index in [0.717, 1.165) is 0 Å². The predicted molar refractivity (Wildman–Crippen MR) is 99.5 cm³/mol. The molecule has 7 nitrogen and oxygen atoms in total. The third kappa shape index (κ3) is 4.82. The number of nitrogens with zero attached hydrogens (tertiary/aromatic N) is 2. The van der Waals surface area contributed by atoms with Crippen molar-refractivity contribution in [1.82, 2.24) is 10.4 Å². The van der Waals surface area contributed by atoms with Gasteiger partial charge in [-0.2, -0.15) is 5.10 Å². The van der Waals surface area contributed by atoms with E-state index in [0.29, 0.717) is 11.3 Å². The van der Waals surface area contributed by atoms with Gasteiger partial charge in [-0.15, -0.1) is 0 Å². The summed E-state index contributed by atoms with van der Waals surface area (Å²) in [5, 5.41) is 6.18. The topological polar surface area (TPSA) is 109 Å². The number of carbonyl (C=O) groups is 2. The van der Waals surface area contributed by atoms with E-state index >= 15 is 0 Å². The van der Waals surface area contributed by atoms with Crippen LogP contribution in [0.1, 0.15) is 23.0 Å². The maximum Gasteiger partial charge on any atom is 0.291 e. The lowest BCUT2D eigenvalue weighted by molar-refractivity contribution is -0.114. The first-order valence-electron chi connectivity index (χ1n) is 6.80. The van der Waals surface area contributed by atoms with Gasteiger partial charge in [0.2, 0.25) is 5.91 Å². The maximum atomic E-state index is 12.1. The molecule has 0 fully saturated rings. The third-order valence-corrected chi connectivity index (χ3v) is 4.03. The number of nitrogens with one attached hydrogen (secondary N) is 2. The fourth-order valence-electron chi connectivity index (χ4n) is 1.76. The second-order valence-electron chi connectivity index (χ2n) is 4.80.